The van der Waals surface area contributed by atoms with Crippen molar-refractivity contribution in [3.05, 3.63) is 0 Å². The van der Waals surface area contributed by atoms with Crippen LogP contribution in [0, 0.1) is 11.8 Å². The van der Waals surface area contributed by atoms with E-state index in [1.807, 2.05) is 0 Å². The summed E-state index contributed by atoms with van der Waals surface area (Å²) in [5.74, 6) is 1.89. The van der Waals surface area contributed by atoms with E-state index >= 15 is 0 Å². The number of hydrogen-bond donors (Lipinski definition) is 1. The molecule has 2 aliphatic carbocycles. The number of likely N-dealkylation sites (N-methyl/N-ethyl adjacent to an activating group) is 2. The van der Waals surface area contributed by atoms with Crippen LogP contribution < -0.4 is 5.32 Å². The van der Waals surface area contributed by atoms with Crippen LogP contribution in [0.15, 0.2) is 0 Å². The third-order valence-corrected chi connectivity index (χ3v) is 5.13. The Morgan fingerprint density at radius 3 is 2.50 bits per heavy atom. The molecule has 2 saturated carbocycles. The zero-order valence-corrected chi connectivity index (χ0v) is 12.6. The second-order valence-electron chi connectivity index (χ2n) is 6.74. The minimum Gasteiger partial charge on any atom is -0.313 e. The molecule has 2 aliphatic rings. The number of rotatable bonds is 5. The van der Waals surface area contributed by atoms with Gasteiger partial charge in [0.2, 0.25) is 0 Å². The quantitative estimate of drug-likeness (QED) is 0.808. The molecule has 0 aromatic heterocycles. The monoisotopic (exact) mass is 252 g/mol. The lowest BCUT2D eigenvalue weighted by Crippen LogP contribution is -2.52. The second-order valence-corrected chi connectivity index (χ2v) is 6.74. The van der Waals surface area contributed by atoms with Crippen molar-refractivity contribution in [3.63, 3.8) is 0 Å². The minimum atomic E-state index is 0.734. The Labute approximate surface area is 114 Å². The molecule has 0 spiro atoms. The molecule has 0 aliphatic heterocycles. The van der Waals surface area contributed by atoms with E-state index in [1.165, 1.54) is 51.5 Å². The molecule has 0 aromatic rings. The SMILES string of the molecule is CCNC1CCC(C)CC1N(C)CC1CCCC1. The van der Waals surface area contributed by atoms with Gasteiger partial charge >= 0.3 is 0 Å². The van der Waals surface area contributed by atoms with Crippen molar-refractivity contribution in [2.75, 3.05) is 20.1 Å². The Bertz CT molecular complexity index is 235. The first-order chi connectivity index (χ1) is 8.70. The van der Waals surface area contributed by atoms with Gasteiger partial charge in [-0.15, -0.1) is 0 Å². The molecular weight excluding hydrogens is 220 g/mol. The zero-order chi connectivity index (χ0) is 13.0. The van der Waals surface area contributed by atoms with Crippen LogP contribution in [0.2, 0.25) is 0 Å². The van der Waals surface area contributed by atoms with Crippen molar-refractivity contribution in [2.45, 2.75) is 70.9 Å². The highest BCUT2D eigenvalue weighted by Crippen LogP contribution is 2.30. The van der Waals surface area contributed by atoms with E-state index in [0.717, 1.165) is 30.5 Å². The third kappa shape index (κ3) is 3.71. The van der Waals surface area contributed by atoms with E-state index in [0.29, 0.717) is 0 Å². The second kappa shape index (κ2) is 6.91. The van der Waals surface area contributed by atoms with E-state index in [1.54, 1.807) is 0 Å². The summed E-state index contributed by atoms with van der Waals surface area (Å²) < 4.78 is 0. The maximum atomic E-state index is 3.72. The lowest BCUT2D eigenvalue weighted by molar-refractivity contribution is 0.111. The van der Waals surface area contributed by atoms with Gasteiger partial charge in [0.25, 0.3) is 0 Å². The van der Waals surface area contributed by atoms with E-state index in [9.17, 15) is 0 Å². The summed E-state index contributed by atoms with van der Waals surface area (Å²) >= 11 is 0. The van der Waals surface area contributed by atoms with Gasteiger partial charge < -0.3 is 10.2 Å². The normalized spacial score (nSPS) is 34.3. The molecule has 3 atom stereocenters. The Balaban J connectivity index is 1.88. The van der Waals surface area contributed by atoms with Gasteiger partial charge in [0, 0.05) is 18.6 Å². The molecule has 0 radical (unpaired) electrons. The van der Waals surface area contributed by atoms with Gasteiger partial charge in [0.05, 0.1) is 0 Å². The highest BCUT2D eigenvalue weighted by molar-refractivity contribution is 4.90. The lowest BCUT2D eigenvalue weighted by Gasteiger charge is -2.41. The molecule has 106 valence electrons. The molecule has 2 nitrogen and oxygen atoms in total. The summed E-state index contributed by atoms with van der Waals surface area (Å²) in [6.45, 7) is 7.12. The van der Waals surface area contributed by atoms with E-state index in [4.69, 9.17) is 0 Å². The molecule has 1 N–H and O–H groups in total. The predicted molar refractivity (Wildman–Crippen MR) is 78.9 cm³/mol. The topological polar surface area (TPSA) is 15.3 Å². The fourth-order valence-electron chi connectivity index (χ4n) is 4.07. The molecule has 0 amide bonds. The van der Waals surface area contributed by atoms with Gasteiger partial charge in [-0.2, -0.15) is 0 Å². The summed E-state index contributed by atoms with van der Waals surface area (Å²) in [4.78, 5) is 2.68. The zero-order valence-electron chi connectivity index (χ0n) is 12.6. The maximum absolute atomic E-state index is 3.72. The molecule has 0 heterocycles. The van der Waals surface area contributed by atoms with Crippen LogP contribution in [0.25, 0.3) is 0 Å². The Kier molecular flexibility index (Phi) is 5.50. The molecule has 2 rings (SSSR count). The largest absolute Gasteiger partial charge is 0.313 e. The van der Waals surface area contributed by atoms with Crippen LogP contribution in [-0.2, 0) is 0 Å². The number of nitrogens with one attached hydrogen (secondary N) is 1. The van der Waals surface area contributed by atoms with Crippen molar-refractivity contribution >= 4 is 0 Å². The van der Waals surface area contributed by atoms with E-state index < -0.39 is 0 Å². The summed E-state index contributed by atoms with van der Waals surface area (Å²) in [7, 11) is 2.37. The van der Waals surface area contributed by atoms with Gasteiger partial charge in [-0.25, -0.2) is 0 Å². The average Bonchev–Trinajstić information content (AvgIpc) is 2.84. The highest BCUT2D eigenvalue weighted by atomic mass is 15.2. The predicted octanol–water partition coefficient (Wildman–Crippen LogP) is 3.28. The van der Waals surface area contributed by atoms with Gasteiger partial charge in [-0.1, -0.05) is 26.7 Å². The highest BCUT2D eigenvalue weighted by Gasteiger charge is 2.32. The fraction of sp³-hybridized carbons (Fsp3) is 1.00. The van der Waals surface area contributed by atoms with Crippen molar-refractivity contribution in [2.24, 2.45) is 11.8 Å². The molecule has 0 aromatic carbocycles. The Morgan fingerprint density at radius 2 is 1.83 bits per heavy atom. The Hall–Kier alpha value is -0.0800. The summed E-state index contributed by atoms with van der Waals surface area (Å²) in [5.41, 5.74) is 0. The number of hydrogen-bond acceptors (Lipinski definition) is 2. The molecule has 2 heteroatoms. The van der Waals surface area contributed by atoms with Crippen LogP contribution in [0.5, 0.6) is 0 Å². The van der Waals surface area contributed by atoms with Gasteiger partial charge in [0.15, 0.2) is 0 Å². The molecule has 3 unspecified atom stereocenters. The van der Waals surface area contributed by atoms with Crippen LogP contribution in [0.4, 0.5) is 0 Å². The molecular formula is C16H32N2. The van der Waals surface area contributed by atoms with Crippen molar-refractivity contribution in [1.82, 2.24) is 10.2 Å². The maximum Gasteiger partial charge on any atom is 0.0248 e. The molecule has 0 saturated heterocycles. The fourth-order valence-corrected chi connectivity index (χ4v) is 4.07. The lowest BCUT2D eigenvalue weighted by atomic mass is 9.82. The van der Waals surface area contributed by atoms with Gasteiger partial charge in [-0.05, 0) is 57.5 Å². The van der Waals surface area contributed by atoms with Crippen LogP contribution >= 0.6 is 0 Å². The van der Waals surface area contributed by atoms with E-state index in [-0.39, 0.29) is 0 Å². The Morgan fingerprint density at radius 1 is 1.11 bits per heavy atom. The van der Waals surface area contributed by atoms with Gasteiger partial charge in [-0.3, -0.25) is 0 Å². The van der Waals surface area contributed by atoms with Crippen LogP contribution in [-0.4, -0.2) is 37.1 Å². The summed E-state index contributed by atoms with van der Waals surface area (Å²) in [6, 6.07) is 1.51. The third-order valence-electron chi connectivity index (χ3n) is 5.13. The van der Waals surface area contributed by atoms with Gasteiger partial charge in [0.1, 0.15) is 0 Å². The molecule has 0 bridgehead atoms. The first-order valence-electron chi connectivity index (χ1n) is 8.14. The first-order valence-corrected chi connectivity index (χ1v) is 8.14. The summed E-state index contributed by atoms with van der Waals surface area (Å²) in [5, 5.41) is 3.72. The smallest absolute Gasteiger partial charge is 0.0248 e. The van der Waals surface area contributed by atoms with E-state index in [2.05, 4.69) is 31.1 Å². The van der Waals surface area contributed by atoms with Crippen LogP contribution in [0.3, 0.4) is 0 Å². The van der Waals surface area contributed by atoms with Crippen LogP contribution in [0.1, 0.15) is 58.8 Å². The molecule has 18 heavy (non-hydrogen) atoms. The summed E-state index contributed by atoms with van der Waals surface area (Å²) in [6.07, 6.45) is 10.0. The first kappa shape index (κ1) is 14.3. The number of nitrogens with zero attached hydrogens (tertiary/aromatic N) is 1. The van der Waals surface area contributed by atoms with Crippen molar-refractivity contribution < 1.29 is 0 Å². The standard InChI is InChI=1S/C16H32N2/c1-4-17-15-10-9-13(2)11-16(15)18(3)12-14-7-5-6-8-14/h13-17H,4-12H2,1-3H3. The molecule has 2 fully saturated rings. The van der Waals surface area contributed by atoms with Crippen molar-refractivity contribution in [3.8, 4) is 0 Å². The van der Waals surface area contributed by atoms with Crippen molar-refractivity contribution in [1.29, 1.82) is 0 Å². The minimum absolute atomic E-state index is 0.734. The average molecular weight is 252 g/mol.